The predicted molar refractivity (Wildman–Crippen MR) is 90.6 cm³/mol. The number of hydrogen-bond donors (Lipinski definition) is 0. The summed E-state index contributed by atoms with van der Waals surface area (Å²) in [7, 11) is 1.84. The van der Waals surface area contributed by atoms with Crippen LogP contribution in [0.4, 0.5) is 0 Å². The molecule has 0 bridgehead atoms. The molecule has 25 heavy (non-hydrogen) atoms. The van der Waals surface area contributed by atoms with E-state index < -0.39 is 0 Å². The number of nitriles is 1. The molecule has 1 aliphatic rings. The minimum Gasteiger partial charge on any atom is -0.340 e. The number of benzene rings is 1. The van der Waals surface area contributed by atoms with Crippen molar-refractivity contribution in [3.05, 3.63) is 47.1 Å². The molecule has 0 aliphatic carbocycles. The Labute approximate surface area is 146 Å². The Hall–Kier alpha value is -2.72. The Kier molecular flexibility index (Phi) is 5.10. The van der Waals surface area contributed by atoms with E-state index in [0.29, 0.717) is 29.4 Å². The van der Waals surface area contributed by atoms with Crippen molar-refractivity contribution in [3.63, 3.8) is 0 Å². The smallest absolute Gasteiger partial charge is 0.253 e. The molecule has 0 radical (unpaired) electrons. The molecule has 0 spiro atoms. The third-order valence-corrected chi connectivity index (χ3v) is 4.54. The number of carbonyl (C=O) groups is 1. The maximum absolute atomic E-state index is 12.7. The lowest BCUT2D eigenvalue weighted by Crippen LogP contribution is -2.48. The van der Waals surface area contributed by atoms with Gasteiger partial charge < -0.3 is 9.42 Å². The van der Waals surface area contributed by atoms with Gasteiger partial charge in [-0.2, -0.15) is 10.2 Å². The lowest BCUT2D eigenvalue weighted by molar-refractivity contribution is 0.0605. The summed E-state index contributed by atoms with van der Waals surface area (Å²) in [5.74, 6) is 1.22. The van der Waals surface area contributed by atoms with Crippen LogP contribution < -0.4 is 0 Å². The highest BCUT2D eigenvalue weighted by Gasteiger charge is 2.27. The van der Waals surface area contributed by atoms with Crippen molar-refractivity contribution < 1.29 is 9.32 Å². The van der Waals surface area contributed by atoms with Crippen molar-refractivity contribution in [2.24, 2.45) is 0 Å². The second-order valence-electron chi connectivity index (χ2n) is 6.37. The van der Waals surface area contributed by atoms with E-state index in [1.54, 1.807) is 36.1 Å². The largest absolute Gasteiger partial charge is 0.340 e. The molecule has 1 aromatic heterocycles. The first-order chi connectivity index (χ1) is 12.1. The molecule has 1 saturated heterocycles. The van der Waals surface area contributed by atoms with Gasteiger partial charge in [-0.3, -0.25) is 9.69 Å². The summed E-state index contributed by atoms with van der Waals surface area (Å²) in [4.78, 5) is 21.0. The number of likely N-dealkylation sites (tertiary alicyclic amines) is 1. The summed E-state index contributed by atoms with van der Waals surface area (Å²) in [5.41, 5.74) is 1.16. The Morgan fingerprint density at radius 1 is 1.44 bits per heavy atom. The van der Waals surface area contributed by atoms with Crippen LogP contribution in [0.5, 0.6) is 0 Å². The molecule has 1 unspecified atom stereocenters. The summed E-state index contributed by atoms with van der Waals surface area (Å²) in [6.07, 6.45) is 1.99. The van der Waals surface area contributed by atoms with Gasteiger partial charge in [0.15, 0.2) is 5.82 Å². The third-order valence-electron chi connectivity index (χ3n) is 4.54. The van der Waals surface area contributed by atoms with Crippen LogP contribution in [0, 0.1) is 18.3 Å². The molecule has 3 rings (SSSR count). The van der Waals surface area contributed by atoms with Crippen LogP contribution in [-0.4, -0.2) is 52.0 Å². The van der Waals surface area contributed by atoms with Crippen molar-refractivity contribution in [2.75, 3.05) is 20.1 Å². The normalized spacial score (nSPS) is 17.9. The van der Waals surface area contributed by atoms with Crippen molar-refractivity contribution >= 4 is 5.91 Å². The van der Waals surface area contributed by atoms with Crippen molar-refractivity contribution in [3.8, 4) is 6.07 Å². The van der Waals surface area contributed by atoms with E-state index in [0.717, 1.165) is 25.9 Å². The topological polar surface area (TPSA) is 86.3 Å². The summed E-state index contributed by atoms with van der Waals surface area (Å²) in [6, 6.07) is 8.97. The molecule has 1 atom stereocenters. The number of aromatic nitrogens is 2. The quantitative estimate of drug-likeness (QED) is 0.847. The molecule has 1 amide bonds. The molecular weight excluding hydrogens is 318 g/mol. The van der Waals surface area contributed by atoms with E-state index in [1.807, 2.05) is 7.05 Å². The number of hydrogen-bond acceptors (Lipinski definition) is 6. The van der Waals surface area contributed by atoms with Crippen molar-refractivity contribution in [2.45, 2.75) is 32.4 Å². The van der Waals surface area contributed by atoms with Gasteiger partial charge >= 0.3 is 0 Å². The number of carbonyl (C=O) groups excluding carboxylic acids is 1. The monoisotopic (exact) mass is 339 g/mol. The number of likely N-dealkylation sites (N-methyl/N-ethyl adjacent to an activating group) is 1. The van der Waals surface area contributed by atoms with E-state index in [-0.39, 0.29) is 11.9 Å². The Balaban J connectivity index is 1.63. The molecule has 0 N–H and O–H groups in total. The molecule has 130 valence electrons. The second kappa shape index (κ2) is 7.45. The van der Waals surface area contributed by atoms with Gasteiger partial charge in [0, 0.05) is 32.1 Å². The van der Waals surface area contributed by atoms with E-state index in [1.165, 1.54) is 0 Å². The van der Waals surface area contributed by atoms with Gasteiger partial charge in [0.05, 0.1) is 18.2 Å². The lowest BCUT2D eigenvalue weighted by atomic mass is 10.0. The minimum atomic E-state index is -0.0215. The first kappa shape index (κ1) is 17.1. The van der Waals surface area contributed by atoms with Crippen molar-refractivity contribution in [1.29, 1.82) is 5.26 Å². The third kappa shape index (κ3) is 4.03. The van der Waals surface area contributed by atoms with E-state index in [2.05, 4.69) is 21.1 Å². The standard InChI is InChI=1S/C18H21N5O2/c1-13-20-17(21-25-13)12-23-9-3-4-16(11-23)22(2)18(24)15-7-5-14(10-19)6-8-15/h5-8,16H,3-4,9,11-12H2,1-2H3. The number of rotatable bonds is 4. The lowest BCUT2D eigenvalue weighted by Gasteiger charge is -2.37. The van der Waals surface area contributed by atoms with Gasteiger partial charge in [-0.15, -0.1) is 0 Å². The van der Waals surface area contributed by atoms with Crippen LogP contribution in [-0.2, 0) is 6.54 Å². The summed E-state index contributed by atoms with van der Waals surface area (Å²) in [6.45, 7) is 4.15. The molecule has 1 aromatic carbocycles. The van der Waals surface area contributed by atoms with Crippen LogP contribution in [0.25, 0.3) is 0 Å². The Morgan fingerprint density at radius 3 is 2.84 bits per heavy atom. The fourth-order valence-corrected chi connectivity index (χ4v) is 3.15. The van der Waals surface area contributed by atoms with Gasteiger partial charge in [0.25, 0.3) is 5.91 Å². The summed E-state index contributed by atoms with van der Waals surface area (Å²) in [5, 5.41) is 12.8. The summed E-state index contributed by atoms with van der Waals surface area (Å²) >= 11 is 0. The molecule has 2 heterocycles. The molecule has 2 aromatic rings. The van der Waals surface area contributed by atoms with Gasteiger partial charge in [0.1, 0.15) is 0 Å². The highest BCUT2D eigenvalue weighted by molar-refractivity contribution is 5.94. The number of nitrogens with zero attached hydrogens (tertiary/aromatic N) is 5. The Morgan fingerprint density at radius 2 is 2.20 bits per heavy atom. The molecular formula is C18H21N5O2. The minimum absolute atomic E-state index is 0.0215. The van der Waals surface area contributed by atoms with Crippen LogP contribution >= 0.6 is 0 Å². The predicted octanol–water partition coefficient (Wildman–Crippen LogP) is 1.99. The first-order valence-corrected chi connectivity index (χ1v) is 8.35. The van der Waals surface area contributed by atoms with Crippen LogP contribution in [0.15, 0.2) is 28.8 Å². The Bertz CT molecular complexity index is 778. The van der Waals surface area contributed by atoms with Gasteiger partial charge in [0.2, 0.25) is 5.89 Å². The zero-order chi connectivity index (χ0) is 17.8. The van der Waals surface area contributed by atoms with Gasteiger partial charge in [-0.1, -0.05) is 5.16 Å². The highest BCUT2D eigenvalue weighted by Crippen LogP contribution is 2.18. The van der Waals surface area contributed by atoms with Crippen molar-refractivity contribution in [1.82, 2.24) is 19.9 Å². The average molecular weight is 339 g/mol. The maximum Gasteiger partial charge on any atom is 0.253 e. The number of piperidine rings is 1. The van der Waals surface area contributed by atoms with Crippen LogP contribution in [0.2, 0.25) is 0 Å². The van der Waals surface area contributed by atoms with Crippen LogP contribution in [0.1, 0.15) is 40.5 Å². The van der Waals surface area contributed by atoms with Gasteiger partial charge in [-0.25, -0.2) is 0 Å². The van der Waals surface area contributed by atoms with Gasteiger partial charge in [-0.05, 0) is 43.7 Å². The number of amides is 1. The molecule has 7 heteroatoms. The van der Waals surface area contributed by atoms with Crippen LogP contribution in [0.3, 0.4) is 0 Å². The highest BCUT2D eigenvalue weighted by atomic mass is 16.5. The average Bonchev–Trinajstić information content (AvgIpc) is 3.05. The second-order valence-corrected chi connectivity index (χ2v) is 6.37. The zero-order valence-corrected chi connectivity index (χ0v) is 14.5. The molecule has 7 nitrogen and oxygen atoms in total. The zero-order valence-electron chi connectivity index (χ0n) is 14.5. The fourth-order valence-electron chi connectivity index (χ4n) is 3.15. The molecule has 1 fully saturated rings. The number of aryl methyl sites for hydroxylation is 1. The SMILES string of the molecule is Cc1nc(CN2CCCC(N(C)C(=O)c3ccc(C#N)cc3)C2)no1. The van der Waals surface area contributed by atoms with E-state index in [4.69, 9.17) is 9.78 Å². The molecule has 0 saturated carbocycles. The fraction of sp³-hybridized carbons (Fsp3) is 0.444. The molecule has 1 aliphatic heterocycles. The first-order valence-electron chi connectivity index (χ1n) is 8.35. The van der Waals surface area contributed by atoms with E-state index >= 15 is 0 Å². The maximum atomic E-state index is 12.7. The summed E-state index contributed by atoms with van der Waals surface area (Å²) < 4.78 is 5.02. The van der Waals surface area contributed by atoms with E-state index in [9.17, 15) is 4.79 Å².